The van der Waals surface area contributed by atoms with Crippen LogP contribution >= 0.6 is 0 Å². The van der Waals surface area contributed by atoms with E-state index >= 15 is 0 Å². The lowest BCUT2D eigenvalue weighted by atomic mass is 9.47. The Kier molecular flexibility index (Phi) is 7.94. The van der Waals surface area contributed by atoms with Gasteiger partial charge >= 0.3 is 0 Å². The number of anilines is 3. The van der Waals surface area contributed by atoms with Gasteiger partial charge in [0.2, 0.25) is 5.95 Å². The highest BCUT2D eigenvalue weighted by Crippen LogP contribution is 2.66. The van der Waals surface area contributed by atoms with Gasteiger partial charge < -0.3 is 14.7 Å². The second kappa shape index (κ2) is 11.8. The molecule has 0 bridgehead atoms. The smallest absolute Gasteiger partial charge is 0.229 e. The van der Waals surface area contributed by atoms with Crippen molar-refractivity contribution in [3.63, 3.8) is 0 Å². The minimum Gasteiger partial charge on any atom is -0.356 e. The third-order valence-electron chi connectivity index (χ3n) is 14.3. The zero-order chi connectivity index (χ0) is 30.8. The zero-order valence-electron chi connectivity index (χ0n) is 28.5. The molecule has 6 fully saturated rings. The first-order valence-corrected chi connectivity index (χ1v) is 18.9. The van der Waals surface area contributed by atoms with Crippen LogP contribution in [0.5, 0.6) is 0 Å². The Labute approximate surface area is 272 Å². The molecule has 0 aromatic carbocycles. The van der Waals surface area contributed by atoms with Crippen molar-refractivity contribution in [1.29, 1.82) is 0 Å². The van der Waals surface area contributed by atoms with Gasteiger partial charge in [-0.2, -0.15) is 9.97 Å². The second-order valence-corrected chi connectivity index (χ2v) is 16.8. The summed E-state index contributed by atoms with van der Waals surface area (Å²) in [5.41, 5.74) is 2.41. The summed E-state index contributed by atoms with van der Waals surface area (Å²) in [7, 11) is 0. The third-order valence-corrected chi connectivity index (χ3v) is 14.3. The van der Waals surface area contributed by atoms with Crippen molar-refractivity contribution in [1.82, 2.24) is 14.9 Å². The molecule has 7 heteroatoms. The van der Waals surface area contributed by atoms with E-state index in [0.29, 0.717) is 17.7 Å². The van der Waals surface area contributed by atoms with Gasteiger partial charge in [0.15, 0.2) is 0 Å². The first-order chi connectivity index (χ1) is 21.8. The van der Waals surface area contributed by atoms with Gasteiger partial charge in [0, 0.05) is 64.3 Å². The van der Waals surface area contributed by atoms with Gasteiger partial charge in [0.05, 0.1) is 6.54 Å². The molecule has 3 saturated heterocycles. The Morgan fingerprint density at radius 3 is 2.18 bits per heavy atom. The van der Waals surface area contributed by atoms with E-state index in [0.717, 1.165) is 100 Å². The van der Waals surface area contributed by atoms with Crippen LogP contribution in [0.15, 0.2) is 17.7 Å². The van der Waals surface area contributed by atoms with Gasteiger partial charge in [-0.1, -0.05) is 32.4 Å². The number of allylic oxidation sites excluding steroid dienone is 2. The number of fused-ring (bicyclic) bond motifs is 5. The normalized spacial score (nSPS) is 38.6. The van der Waals surface area contributed by atoms with Gasteiger partial charge in [-0.25, -0.2) is 0 Å². The van der Waals surface area contributed by atoms with Crippen molar-refractivity contribution >= 4 is 23.4 Å². The van der Waals surface area contributed by atoms with E-state index in [9.17, 15) is 4.79 Å². The Hall–Kier alpha value is -2.15. The standard InChI is InChI=1S/C38H58N6O/c1-27-12-14-37(2)28(24-27)8-9-29-30-10-11-32(38(30,3)15-13-31(29)37)33(45)26-41-20-22-43(23-21-41)35-25-34(42-16-4-5-17-42)39-36(40-35)44-18-6-7-19-44/h8,25,27,29-32H,4-7,9-24,26H2,1-3H3/t27?,29-,30-,31-,32+,37-,38-/m0/s1. The molecule has 4 aliphatic carbocycles. The molecule has 0 N–H and O–H groups in total. The molecule has 4 heterocycles. The molecule has 0 spiro atoms. The third kappa shape index (κ3) is 5.31. The Balaban J connectivity index is 0.912. The molecule has 0 radical (unpaired) electrons. The molecule has 0 amide bonds. The number of aromatic nitrogens is 2. The van der Waals surface area contributed by atoms with Crippen molar-refractivity contribution in [2.45, 2.75) is 97.8 Å². The SMILES string of the molecule is CC1CC[C@@]2(C)C(=CC[C@H]3[C@@H]4CC[C@H](C(=O)CN5CCN(c6cc(N7CCCC7)nc(N7CCCC7)n6)CC5)[C@@]4(C)CC[C@@H]32)C1. The Morgan fingerprint density at radius 2 is 1.47 bits per heavy atom. The first-order valence-electron chi connectivity index (χ1n) is 18.9. The van der Waals surface area contributed by atoms with E-state index in [1.54, 1.807) is 5.57 Å². The van der Waals surface area contributed by atoms with Crippen LogP contribution < -0.4 is 14.7 Å². The number of carbonyl (C=O) groups excluding carboxylic acids is 1. The van der Waals surface area contributed by atoms with Crippen LogP contribution in [-0.4, -0.2) is 79.6 Å². The summed E-state index contributed by atoms with van der Waals surface area (Å²) in [5.74, 6) is 7.08. The lowest BCUT2D eigenvalue weighted by Gasteiger charge is -2.58. The highest BCUT2D eigenvalue weighted by Gasteiger charge is 2.59. The van der Waals surface area contributed by atoms with E-state index in [1.165, 1.54) is 70.6 Å². The van der Waals surface area contributed by atoms with Crippen LogP contribution in [-0.2, 0) is 4.79 Å². The average Bonchev–Trinajstić information content (AvgIpc) is 3.83. The summed E-state index contributed by atoms with van der Waals surface area (Å²) < 4.78 is 0. The van der Waals surface area contributed by atoms with Gasteiger partial charge in [-0.15, -0.1) is 0 Å². The molecule has 1 unspecified atom stereocenters. The largest absolute Gasteiger partial charge is 0.356 e. The molecule has 45 heavy (non-hydrogen) atoms. The summed E-state index contributed by atoms with van der Waals surface area (Å²) in [6, 6.07) is 2.24. The van der Waals surface area contributed by atoms with E-state index in [4.69, 9.17) is 9.97 Å². The van der Waals surface area contributed by atoms with Crippen molar-refractivity contribution < 1.29 is 4.79 Å². The molecule has 7 aliphatic rings. The highest BCUT2D eigenvalue weighted by atomic mass is 16.1. The summed E-state index contributed by atoms with van der Waals surface area (Å²) in [6.45, 7) is 16.3. The van der Waals surface area contributed by atoms with Crippen LogP contribution in [0.1, 0.15) is 97.8 Å². The summed E-state index contributed by atoms with van der Waals surface area (Å²) in [5, 5.41) is 0. The number of hydrogen-bond acceptors (Lipinski definition) is 7. The highest BCUT2D eigenvalue weighted by molar-refractivity contribution is 5.84. The fraction of sp³-hybridized carbons (Fsp3) is 0.816. The van der Waals surface area contributed by atoms with Crippen LogP contribution in [0.4, 0.5) is 17.6 Å². The second-order valence-electron chi connectivity index (χ2n) is 16.8. The van der Waals surface area contributed by atoms with Crippen LogP contribution in [0.3, 0.4) is 0 Å². The fourth-order valence-electron chi connectivity index (χ4n) is 11.6. The Bertz CT molecular complexity index is 1260. The Morgan fingerprint density at radius 1 is 0.800 bits per heavy atom. The van der Waals surface area contributed by atoms with Gasteiger partial charge in [0.1, 0.15) is 17.4 Å². The molecular formula is C38H58N6O. The van der Waals surface area contributed by atoms with E-state index in [1.807, 2.05) is 0 Å². The fourth-order valence-corrected chi connectivity index (χ4v) is 11.6. The summed E-state index contributed by atoms with van der Waals surface area (Å²) in [4.78, 5) is 34.0. The number of Topliss-reactive ketones (excluding diaryl/α,β-unsaturated/α-hetero) is 1. The molecule has 3 aliphatic heterocycles. The molecule has 8 rings (SSSR count). The average molecular weight is 615 g/mol. The molecular weight excluding hydrogens is 556 g/mol. The van der Waals surface area contributed by atoms with E-state index in [2.05, 4.69) is 52.5 Å². The van der Waals surface area contributed by atoms with Crippen molar-refractivity contribution in [2.24, 2.45) is 40.4 Å². The van der Waals surface area contributed by atoms with Crippen LogP contribution in [0, 0.1) is 40.4 Å². The van der Waals surface area contributed by atoms with Gasteiger partial charge in [0.25, 0.3) is 0 Å². The van der Waals surface area contributed by atoms with Crippen LogP contribution in [0.25, 0.3) is 0 Å². The molecule has 3 saturated carbocycles. The number of piperazine rings is 1. The maximum absolute atomic E-state index is 14.1. The maximum Gasteiger partial charge on any atom is 0.229 e. The summed E-state index contributed by atoms with van der Waals surface area (Å²) in [6.07, 6.45) is 18.0. The number of carbonyl (C=O) groups is 1. The quantitative estimate of drug-likeness (QED) is 0.336. The minimum atomic E-state index is 0.197. The topological polar surface area (TPSA) is 55.8 Å². The number of ketones is 1. The minimum absolute atomic E-state index is 0.197. The lowest BCUT2D eigenvalue weighted by Crippen LogP contribution is -2.52. The molecule has 7 atom stereocenters. The van der Waals surface area contributed by atoms with E-state index in [-0.39, 0.29) is 11.3 Å². The van der Waals surface area contributed by atoms with Crippen molar-refractivity contribution in [3.05, 3.63) is 17.7 Å². The van der Waals surface area contributed by atoms with Crippen molar-refractivity contribution in [2.75, 3.05) is 73.6 Å². The van der Waals surface area contributed by atoms with Crippen molar-refractivity contribution in [3.8, 4) is 0 Å². The first kappa shape index (κ1) is 30.2. The number of nitrogens with zero attached hydrogens (tertiary/aromatic N) is 6. The zero-order valence-corrected chi connectivity index (χ0v) is 28.5. The number of rotatable bonds is 6. The van der Waals surface area contributed by atoms with Gasteiger partial charge in [-0.3, -0.25) is 9.69 Å². The van der Waals surface area contributed by atoms with Crippen LogP contribution in [0.2, 0.25) is 0 Å². The number of hydrogen-bond donors (Lipinski definition) is 0. The maximum atomic E-state index is 14.1. The molecule has 1 aromatic heterocycles. The monoisotopic (exact) mass is 614 g/mol. The molecule has 246 valence electrons. The molecule has 7 nitrogen and oxygen atoms in total. The predicted molar refractivity (Wildman–Crippen MR) is 183 cm³/mol. The molecule has 1 aromatic rings. The lowest BCUT2D eigenvalue weighted by molar-refractivity contribution is -0.130. The van der Waals surface area contributed by atoms with E-state index < -0.39 is 0 Å². The van der Waals surface area contributed by atoms with Gasteiger partial charge in [-0.05, 0) is 112 Å². The summed E-state index contributed by atoms with van der Waals surface area (Å²) >= 11 is 0. The predicted octanol–water partition coefficient (Wildman–Crippen LogP) is 6.58.